The van der Waals surface area contributed by atoms with Crippen molar-refractivity contribution in [1.29, 1.82) is 0 Å². The molecule has 0 amide bonds. The summed E-state index contributed by atoms with van der Waals surface area (Å²) in [6.07, 6.45) is 0. The molecule has 0 saturated heterocycles. The number of rotatable bonds is 6. The molecule has 1 atom stereocenters. The van der Waals surface area contributed by atoms with Crippen LogP contribution in [0.4, 0.5) is 11.4 Å². The summed E-state index contributed by atoms with van der Waals surface area (Å²) < 4.78 is 1.39. The molecule has 3 aromatic carbocycles. The van der Waals surface area contributed by atoms with Crippen LogP contribution in [-0.2, 0) is 0 Å². The van der Waals surface area contributed by atoms with Gasteiger partial charge in [0.2, 0.25) is 0 Å². The zero-order valence-corrected chi connectivity index (χ0v) is 18.6. The molecule has 0 heterocycles. The van der Waals surface area contributed by atoms with Crippen LogP contribution in [0.15, 0.2) is 66.7 Å². The normalized spacial score (nSPS) is 12.0. The summed E-state index contributed by atoms with van der Waals surface area (Å²) in [5, 5.41) is 15.0. The van der Waals surface area contributed by atoms with Gasteiger partial charge in [0.15, 0.2) is 0 Å². The van der Waals surface area contributed by atoms with Gasteiger partial charge in [-0.1, -0.05) is 0 Å². The Morgan fingerprint density at radius 1 is 0.964 bits per heavy atom. The fourth-order valence-electron chi connectivity index (χ4n) is 3.22. The van der Waals surface area contributed by atoms with Gasteiger partial charge < -0.3 is 0 Å². The van der Waals surface area contributed by atoms with E-state index in [0.29, 0.717) is 5.02 Å². The van der Waals surface area contributed by atoms with E-state index >= 15 is 0 Å². The number of nitrogens with one attached hydrogen (secondary N) is 1. The molecule has 6 heteroatoms. The van der Waals surface area contributed by atoms with Crippen molar-refractivity contribution in [2.75, 3.05) is 12.4 Å². The van der Waals surface area contributed by atoms with E-state index in [1.54, 1.807) is 12.1 Å². The molecule has 28 heavy (non-hydrogen) atoms. The van der Waals surface area contributed by atoms with Crippen LogP contribution in [0.25, 0.3) is 0 Å². The number of halogens is 1. The van der Waals surface area contributed by atoms with E-state index in [-0.39, 0.29) is 16.5 Å². The Hall–Kier alpha value is -2.29. The second kappa shape index (κ2) is 8.81. The molecule has 3 aromatic rings. The first-order chi connectivity index (χ1) is 13.4. The topological polar surface area (TPSA) is 55.2 Å². The number of anilines is 1. The van der Waals surface area contributed by atoms with Crippen LogP contribution >= 0.6 is 11.6 Å². The Morgan fingerprint density at radius 2 is 1.54 bits per heavy atom. The fourth-order valence-corrected chi connectivity index (χ4v) is 5.02. The molecule has 0 saturated carbocycles. The van der Waals surface area contributed by atoms with Crippen LogP contribution in [0.2, 0.25) is 16.4 Å². The van der Waals surface area contributed by atoms with Crippen LogP contribution in [0.1, 0.15) is 22.6 Å². The van der Waals surface area contributed by atoms with Gasteiger partial charge in [-0.05, 0) is 0 Å². The van der Waals surface area contributed by atoms with Crippen molar-refractivity contribution in [3.05, 3.63) is 98.6 Å². The average Bonchev–Trinajstić information content (AvgIpc) is 2.70. The number of hydrogen-bond acceptors (Lipinski definition) is 3. The van der Waals surface area contributed by atoms with Gasteiger partial charge in [-0.2, -0.15) is 0 Å². The zero-order chi connectivity index (χ0) is 20.3. The van der Waals surface area contributed by atoms with E-state index in [1.165, 1.54) is 10.4 Å². The number of hydrogen-bond donors (Lipinski definition) is 1. The number of nitro benzene ring substituents is 1. The first-order valence-corrected chi connectivity index (χ1v) is 14.0. The number of non-ortho nitro benzene ring substituents is 1. The molecule has 1 unspecified atom stereocenters. The fraction of sp³-hybridized carbons (Fsp3) is 0.182. The summed E-state index contributed by atoms with van der Waals surface area (Å²) in [7, 11) is 1.87. The summed E-state index contributed by atoms with van der Waals surface area (Å²) in [4.78, 5) is 10.9. The first kappa shape index (κ1) is 20.4. The summed E-state index contributed by atoms with van der Waals surface area (Å²) in [5.74, 6) is -0.179. The van der Waals surface area contributed by atoms with E-state index in [1.807, 2.05) is 31.3 Å². The zero-order valence-electron chi connectivity index (χ0n) is 16.0. The van der Waals surface area contributed by atoms with E-state index in [9.17, 15) is 10.1 Å². The number of benzene rings is 3. The second-order valence-electron chi connectivity index (χ2n) is 6.75. The quantitative estimate of drug-likeness (QED) is 0.233. The van der Waals surface area contributed by atoms with Gasteiger partial charge >= 0.3 is 175 Å². The van der Waals surface area contributed by atoms with Gasteiger partial charge in [0.1, 0.15) is 0 Å². The maximum atomic E-state index is 11.3. The summed E-state index contributed by atoms with van der Waals surface area (Å²) >= 11 is 5.55. The average molecular weight is 457 g/mol. The number of nitro groups is 1. The molecule has 1 N–H and O–H groups in total. The van der Waals surface area contributed by atoms with Crippen LogP contribution in [-0.4, -0.2) is 26.6 Å². The standard InChI is InChI=1S/C22H22AsClN2O2/c1-23(2)17-8-4-15(5-9-17)22(16-6-10-18(25-3)11-7-16)20-14-19(26(27)28)12-13-21(20)24/h4-14,22,25H,1-3H3. The van der Waals surface area contributed by atoms with Crippen molar-refractivity contribution in [1.82, 2.24) is 0 Å². The minimum absolute atomic E-state index is 0.0443. The number of nitrogens with zero attached hydrogens (tertiary/aromatic N) is 1. The molecule has 0 fully saturated rings. The van der Waals surface area contributed by atoms with Gasteiger partial charge in [-0.3, -0.25) is 0 Å². The maximum absolute atomic E-state index is 11.3. The van der Waals surface area contributed by atoms with Gasteiger partial charge in [0.25, 0.3) is 0 Å². The molecule has 0 aliphatic carbocycles. The Balaban J connectivity index is 2.16. The molecule has 0 aromatic heterocycles. The molecule has 4 nitrogen and oxygen atoms in total. The van der Waals surface area contributed by atoms with Gasteiger partial charge in [-0.15, -0.1) is 0 Å². The summed E-state index contributed by atoms with van der Waals surface area (Å²) in [6, 6.07) is 21.3. The molecule has 144 valence electrons. The van der Waals surface area contributed by atoms with Gasteiger partial charge in [-0.25, -0.2) is 0 Å². The van der Waals surface area contributed by atoms with Crippen molar-refractivity contribution < 1.29 is 4.92 Å². The van der Waals surface area contributed by atoms with E-state index in [4.69, 9.17) is 11.6 Å². The summed E-state index contributed by atoms with van der Waals surface area (Å²) in [5.41, 5.74) is 8.50. The first-order valence-electron chi connectivity index (χ1n) is 8.89. The monoisotopic (exact) mass is 456 g/mol. The van der Waals surface area contributed by atoms with E-state index in [2.05, 4.69) is 41.0 Å². The molecule has 0 bridgehead atoms. The Kier molecular flexibility index (Phi) is 6.43. The molecule has 3 rings (SSSR count). The third-order valence-electron chi connectivity index (χ3n) is 4.78. The Morgan fingerprint density at radius 3 is 2.04 bits per heavy atom. The van der Waals surface area contributed by atoms with Crippen LogP contribution in [0.5, 0.6) is 0 Å². The molecular weight excluding hydrogens is 435 g/mol. The molecule has 0 aliphatic heterocycles. The minimum atomic E-state index is -0.961. The van der Waals surface area contributed by atoms with Crippen LogP contribution in [0.3, 0.4) is 0 Å². The molecule has 0 aliphatic rings. The summed E-state index contributed by atoms with van der Waals surface area (Å²) in [6.45, 7) is 0. The van der Waals surface area contributed by atoms with Gasteiger partial charge in [0, 0.05) is 0 Å². The third kappa shape index (κ3) is 4.40. The van der Waals surface area contributed by atoms with Crippen molar-refractivity contribution in [3.63, 3.8) is 0 Å². The van der Waals surface area contributed by atoms with E-state index in [0.717, 1.165) is 22.4 Å². The van der Waals surface area contributed by atoms with E-state index < -0.39 is 14.7 Å². The predicted octanol–water partition coefficient (Wildman–Crippen LogP) is 5.43. The van der Waals surface area contributed by atoms with Crippen molar-refractivity contribution >= 4 is 42.0 Å². The van der Waals surface area contributed by atoms with Crippen molar-refractivity contribution in [2.24, 2.45) is 0 Å². The molecular formula is C22H22AsClN2O2. The Bertz CT molecular complexity index is 973. The molecule has 0 radical (unpaired) electrons. The SMILES string of the molecule is CNc1ccc(C(c2ccc([As](C)C)cc2)c2cc([N+](=O)[O-])ccc2Cl)cc1. The Labute approximate surface area is 175 Å². The third-order valence-corrected chi connectivity index (χ3v) is 7.91. The van der Waals surface area contributed by atoms with Gasteiger partial charge in [0.05, 0.1) is 0 Å². The second-order valence-corrected chi connectivity index (χ2v) is 12.0. The van der Waals surface area contributed by atoms with Crippen molar-refractivity contribution in [3.8, 4) is 0 Å². The van der Waals surface area contributed by atoms with Crippen molar-refractivity contribution in [2.45, 2.75) is 17.3 Å². The van der Waals surface area contributed by atoms with Crippen LogP contribution in [0, 0.1) is 10.1 Å². The van der Waals surface area contributed by atoms with Crippen LogP contribution < -0.4 is 9.67 Å². The predicted molar refractivity (Wildman–Crippen MR) is 119 cm³/mol. The molecule has 0 spiro atoms.